The first kappa shape index (κ1) is 28.2. The number of nitrogens with zero attached hydrogens (tertiary/aromatic N) is 1. The Morgan fingerprint density at radius 1 is 0.833 bits per heavy atom. The summed E-state index contributed by atoms with van der Waals surface area (Å²) in [5.41, 5.74) is 2.14. The summed E-state index contributed by atoms with van der Waals surface area (Å²) in [5.74, 6) is -1.57. The third-order valence-electron chi connectivity index (χ3n) is 6.76. The largest absolute Gasteiger partial charge is 0.409 e. The lowest BCUT2D eigenvalue weighted by Gasteiger charge is -2.31. The summed E-state index contributed by atoms with van der Waals surface area (Å²) < 4.78 is 6.00. The van der Waals surface area contributed by atoms with Crippen molar-refractivity contribution in [1.82, 2.24) is 5.32 Å². The quantitative estimate of drug-likeness (QED) is 0.172. The molecule has 0 aliphatic carbocycles. The number of nitrogens with one attached hydrogen (secondary N) is 1. The highest BCUT2D eigenvalue weighted by Crippen LogP contribution is 2.30. The van der Waals surface area contributed by atoms with E-state index in [1.54, 1.807) is 18.5 Å². The van der Waals surface area contributed by atoms with Gasteiger partial charge >= 0.3 is 11.8 Å². The molecule has 196 valence electrons. The van der Waals surface area contributed by atoms with Gasteiger partial charge in [0.15, 0.2) is 0 Å². The molecule has 1 N–H and O–H groups in total. The Balaban J connectivity index is 1.52. The number of unbranched alkanes of at least 4 members (excludes halogenated alkanes) is 10. The zero-order chi connectivity index (χ0) is 25.5. The second kappa shape index (κ2) is 15.7. The zero-order valence-electron chi connectivity index (χ0n) is 22.3. The normalized spacial score (nSPS) is 16.7. The second-order valence-electron chi connectivity index (χ2n) is 9.81. The van der Waals surface area contributed by atoms with Gasteiger partial charge in [-0.3, -0.25) is 0 Å². The summed E-state index contributed by atoms with van der Waals surface area (Å²) in [6.07, 6.45) is 23.0. The van der Waals surface area contributed by atoms with Crippen molar-refractivity contribution >= 4 is 23.5 Å². The number of aryl methyl sites for hydroxylation is 2. The Bertz CT molecular complexity index is 963. The molecule has 2 heterocycles. The van der Waals surface area contributed by atoms with Gasteiger partial charge in [0.25, 0.3) is 0 Å². The van der Waals surface area contributed by atoms with Gasteiger partial charge in [-0.15, -0.1) is 11.3 Å². The predicted molar refractivity (Wildman–Crippen MR) is 153 cm³/mol. The number of hydrogen-bond acceptors (Lipinski definition) is 5. The number of thiophene rings is 1. The Kier molecular flexibility index (Phi) is 12.3. The molecule has 0 radical (unpaired) electrons. The van der Waals surface area contributed by atoms with Crippen LogP contribution >= 0.6 is 11.3 Å². The van der Waals surface area contributed by atoms with E-state index in [0.717, 1.165) is 24.8 Å². The number of hydrogen-bond donors (Lipinski definition) is 1. The minimum Gasteiger partial charge on any atom is -0.409 e. The van der Waals surface area contributed by atoms with Gasteiger partial charge in [-0.25, -0.2) is 9.79 Å². The van der Waals surface area contributed by atoms with Gasteiger partial charge in [-0.05, 0) is 49.5 Å². The van der Waals surface area contributed by atoms with Crippen LogP contribution < -0.4 is 5.32 Å². The lowest BCUT2D eigenvalue weighted by atomic mass is 10.0. The van der Waals surface area contributed by atoms with Crippen LogP contribution in [0.5, 0.6) is 0 Å². The molecule has 1 aromatic heterocycles. The fraction of sp³-hybridized carbons (Fsp3) is 0.548. The van der Waals surface area contributed by atoms with E-state index in [0.29, 0.717) is 4.88 Å². The molecule has 1 aliphatic heterocycles. The smallest absolute Gasteiger partial charge is 0.352 e. The Labute approximate surface area is 222 Å². The molecule has 1 aliphatic rings. The summed E-state index contributed by atoms with van der Waals surface area (Å²) in [5, 5.41) is 3.19. The molecule has 0 amide bonds. The molecule has 1 aromatic carbocycles. The molecule has 36 heavy (non-hydrogen) atoms. The fourth-order valence-electron chi connectivity index (χ4n) is 4.55. The molecule has 3 rings (SSSR count). The van der Waals surface area contributed by atoms with Gasteiger partial charge in [0.05, 0.1) is 0 Å². The van der Waals surface area contributed by atoms with Gasteiger partial charge in [-0.2, -0.15) is 0 Å². The molecule has 0 saturated carbocycles. The third-order valence-corrected chi connectivity index (χ3v) is 7.89. The molecule has 0 saturated heterocycles. The summed E-state index contributed by atoms with van der Waals surface area (Å²) in [7, 11) is 0. The minimum atomic E-state index is -1.23. The Morgan fingerprint density at radius 3 is 2.14 bits per heavy atom. The van der Waals surface area contributed by atoms with E-state index in [-0.39, 0.29) is 5.97 Å². The molecule has 1 unspecified atom stereocenters. The van der Waals surface area contributed by atoms with Crippen molar-refractivity contribution < 1.29 is 9.53 Å². The van der Waals surface area contributed by atoms with Gasteiger partial charge in [0, 0.05) is 22.9 Å². The molecule has 0 bridgehead atoms. The number of carbonyl (C=O) groups excluding carboxylic acids is 1. The van der Waals surface area contributed by atoms with Gasteiger partial charge in [0.2, 0.25) is 0 Å². The standard InChI is InChI=1S/C31H44N2O2S/c1-3-5-7-8-9-10-11-12-14-16-26-18-20-27(21-19-26)31(32-24-15-25-33-31)35-30(34)29-23-22-28(36-29)17-13-6-4-2/h15,18-25,32H,3-14,16-17H2,1-2H3. The monoisotopic (exact) mass is 508 g/mol. The summed E-state index contributed by atoms with van der Waals surface area (Å²) in [6, 6.07) is 12.3. The van der Waals surface area contributed by atoms with E-state index >= 15 is 0 Å². The number of ether oxygens (including phenoxy) is 1. The highest BCUT2D eigenvalue weighted by Gasteiger charge is 2.36. The topological polar surface area (TPSA) is 50.7 Å². The predicted octanol–water partition coefficient (Wildman–Crippen LogP) is 8.71. The van der Waals surface area contributed by atoms with Crippen LogP contribution in [-0.4, -0.2) is 12.2 Å². The molecular weight excluding hydrogens is 464 g/mol. The maximum absolute atomic E-state index is 13.1. The van der Waals surface area contributed by atoms with Gasteiger partial charge in [-0.1, -0.05) is 102 Å². The average Bonchev–Trinajstić information content (AvgIpc) is 3.38. The summed E-state index contributed by atoms with van der Waals surface area (Å²) in [6.45, 7) is 4.47. The lowest BCUT2D eigenvalue weighted by molar-refractivity contribution is -0.0288. The van der Waals surface area contributed by atoms with Crippen LogP contribution in [0.3, 0.4) is 0 Å². The highest BCUT2D eigenvalue weighted by atomic mass is 32.1. The SMILES string of the molecule is CCCCCCCCCCCc1ccc(C2(OC(=O)c3ccc(CCCCC)s3)N=CC=CN2)cc1. The van der Waals surface area contributed by atoms with Crippen LogP contribution in [0, 0.1) is 0 Å². The lowest BCUT2D eigenvalue weighted by Crippen LogP contribution is -2.43. The van der Waals surface area contributed by atoms with Crippen molar-refractivity contribution in [3.63, 3.8) is 0 Å². The van der Waals surface area contributed by atoms with E-state index < -0.39 is 5.85 Å². The van der Waals surface area contributed by atoms with Crippen LogP contribution in [0.4, 0.5) is 0 Å². The molecule has 1 atom stereocenters. The van der Waals surface area contributed by atoms with Gasteiger partial charge in [0.1, 0.15) is 4.88 Å². The van der Waals surface area contributed by atoms with E-state index in [9.17, 15) is 4.79 Å². The van der Waals surface area contributed by atoms with Crippen LogP contribution in [0.15, 0.2) is 53.7 Å². The molecule has 0 fully saturated rings. The maximum atomic E-state index is 13.1. The summed E-state index contributed by atoms with van der Waals surface area (Å²) >= 11 is 1.52. The number of allylic oxidation sites excluding steroid dienone is 1. The van der Waals surface area contributed by atoms with Crippen LogP contribution in [0.1, 0.15) is 117 Å². The second-order valence-corrected chi connectivity index (χ2v) is 11.0. The number of rotatable bonds is 17. The number of benzene rings is 1. The van der Waals surface area contributed by atoms with E-state index in [4.69, 9.17) is 4.74 Å². The average molecular weight is 509 g/mol. The molecule has 5 heteroatoms. The van der Waals surface area contributed by atoms with Crippen molar-refractivity contribution in [2.45, 2.75) is 110 Å². The Morgan fingerprint density at radius 2 is 1.47 bits per heavy atom. The maximum Gasteiger partial charge on any atom is 0.352 e. The van der Waals surface area contributed by atoms with Crippen molar-refractivity contribution in [3.05, 3.63) is 69.6 Å². The fourth-order valence-corrected chi connectivity index (χ4v) is 5.48. The van der Waals surface area contributed by atoms with Gasteiger partial charge < -0.3 is 10.1 Å². The third kappa shape index (κ3) is 8.92. The van der Waals surface area contributed by atoms with E-state index in [1.165, 1.54) is 92.4 Å². The first-order valence-corrected chi connectivity index (χ1v) is 14.9. The first-order valence-electron chi connectivity index (χ1n) is 14.1. The number of carbonyl (C=O) groups is 1. The van der Waals surface area contributed by atoms with Crippen molar-refractivity contribution in [2.24, 2.45) is 4.99 Å². The van der Waals surface area contributed by atoms with Crippen LogP contribution in [0.25, 0.3) is 0 Å². The van der Waals surface area contributed by atoms with Crippen LogP contribution in [0.2, 0.25) is 0 Å². The van der Waals surface area contributed by atoms with E-state index in [1.807, 2.05) is 24.3 Å². The highest BCUT2D eigenvalue weighted by molar-refractivity contribution is 7.13. The summed E-state index contributed by atoms with van der Waals surface area (Å²) in [4.78, 5) is 19.5. The van der Waals surface area contributed by atoms with Crippen molar-refractivity contribution in [2.75, 3.05) is 0 Å². The van der Waals surface area contributed by atoms with Crippen molar-refractivity contribution in [3.8, 4) is 0 Å². The molecule has 2 aromatic rings. The van der Waals surface area contributed by atoms with Crippen LogP contribution in [-0.2, 0) is 23.4 Å². The zero-order valence-corrected chi connectivity index (χ0v) is 23.1. The molecule has 4 nitrogen and oxygen atoms in total. The Hall–Kier alpha value is -2.40. The number of esters is 1. The molecule has 0 spiro atoms. The first-order chi connectivity index (χ1) is 17.7. The number of aliphatic imine (C=N–C) groups is 1. The van der Waals surface area contributed by atoms with E-state index in [2.05, 4.69) is 36.3 Å². The van der Waals surface area contributed by atoms with Crippen molar-refractivity contribution in [1.29, 1.82) is 0 Å². The molecular formula is C31H44N2O2S. The minimum absolute atomic E-state index is 0.347.